The molecule has 0 saturated heterocycles. The number of carbonyl (C=O) groups excluding carboxylic acids is 1. The molecular formula is C28H30N6O4. The predicted octanol–water partition coefficient (Wildman–Crippen LogP) is 5.21. The van der Waals surface area contributed by atoms with E-state index in [0.29, 0.717) is 34.5 Å². The fourth-order valence-corrected chi connectivity index (χ4v) is 5.08. The van der Waals surface area contributed by atoms with Crippen LogP contribution in [-0.2, 0) is 0 Å². The lowest BCUT2D eigenvalue weighted by molar-refractivity contribution is 0.0962. The van der Waals surface area contributed by atoms with Gasteiger partial charge in [0.1, 0.15) is 23.3 Å². The molecule has 38 heavy (non-hydrogen) atoms. The standard InChI is InChI=1S/C28H30N6O4/c1-15-31-21-10-8-16(12-23(21)37-15)19-14-30-25-24(19)27(38-18-6-4-5-7-18)34-28(33-25)32-20-11-9-17(26(35)29-2)13-22(20)36-3/h8-15,18,31H,4-7H2,1-3H3,(H,29,35)(H2,30,32,33,34). The number of H-pyrrole nitrogens is 1. The Morgan fingerprint density at radius 3 is 2.76 bits per heavy atom. The predicted molar refractivity (Wildman–Crippen MR) is 146 cm³/mol. The van der Waals surface area contributed by atoms with Gasteiger partial charge in [0.05, 0.1) is 23.9 Å². The molecule has 10 heteroatoms. The van der Waals surface area contributed by atoms with Gasteiger partial charge in [-0.15, -0.1) is 0 Å². The van der Waals surface area contributed by atoms with Gasteiger partial charge < -0.3 is 35.1 Å². The Kier molecular flexibility index (Phi) is 6.15. The van der Waals surface area contributed by atoms with Crippen molar-refractivity contribution >= 4 is 34.3 Å². The molecule has 1 atom stereocenters. The Balaban J connectivity index is 1.40. The monoisotopic (exact) mass is 514 g/mol. The zero-order chi connectivity index (χ0) is 26.2. The summed E-state index contributed by atoms with van der Waals surface area (Å²) in [5, 5.41) is 9.99. The Bertz CT molecular complexity index is 1510. The second-order valence-corrected chi connectivity index (χ2v) is 9.54. The molecule has 196 valence electrons. The number of nitrogens with one attached hydrogen (secondary N) is 4. The molecule has 3 heterocycles. The first-order chi connectivity index (χ1) is 18.5. The van der Waals surface area contributed by atoms with Crippen molar-refractivity contribution in [2.75, 3.05) is 24.8 Å². The molecule has 6 rings (SSSR count). The van der Waals surface area contributed by atoms with E-state index in [1.54, 1.807) is 32.4 Å². The van der Waals surface area contributed by atoms with E-state index in [0.717, 1.165) is 53.6 Å². The normalized spacial score (nSPS) is 16.6. The number of hydrogen-bond acceptors (Lipinski definition) is 8. The summed E-state index contributed by atoms with van der Waals surface area (Å²) in [5.41, 5.74) is 4.68. The quantitative estimate of drug-likeness (QED) is 0.265. The maximum atomic E-state index is 12.1. The van der Waals surface area contributed by atoms with E-state index in [4.69, 9.17) is 24.2 Å². The Labute approximate surface area is 220 Å². The Hall–Kier alpha value is -4.47. The third-order valence-electron chi connectivity index (χ3n) is 6.97. The molecule has 1 fully saturated rings. The fraction of sp³-hybridized carbons (Fsp3) is 0.321. The molecule has 1 saturated carbocycles. The van der Waals surface area contributed by atoms with Crippen LogP contribution in [0, 0.1) is 0 Å². The maximum Gasteiger partial charge on any atom is 0.251 e. The average Bonchev–Trinajstić information content (AvgIpc) is 3.67. The second-order valence-electron chi connectivity index (χ2n) is 9.54. The van der Waals surface area contributed by atoms with Crippen LogP contribution in [0.15, 0.2) is 42.6 Å². The van der Waals surface area contributed by atoms with Crippen molar-refractivity contribution in [3.8, 4) is 28.5 Å². The highest BCUT2D eigenvalue weighted by atomic mass is 16.5. The molecule has 0 radical (unpaired) electrons. The van der Waals surface area contributed by atoms with Crippen molar-refractivity contribution in [1.82, 2.24) is 20.3 Å². The van der Waals surface area contributed by atoms with Crippen LogP contribution < -0.4 is 30.2 Å². The number of hydrogen-bond donors (Lipinski definition) is 4. The first-order valence-electron chi connectivity index (χ1n) is 12.8. The molecule has 1 unspecified atom stereocenters. The number of amides is 1. The number of ether oxygens (including phenoxy) is 3. The van der Waals surface area contributed by atoms with Crippen LogP contribution in [0.2, 0.25) is 0 Å². The molecule has 10 nitrogen and oxygen atoms in total. The minimum absolute atomic E-state index is 0.0659. The number of fused-ring (bicyclic) bond motifs is 2. The Morgan fingerprint density at radius 2 is 1.97 bits per heavy atom. The summed E-state index contributed by atoms with van der Waals surface area (Å²) in [6, 6.07) is 11.3. The van der Waals surface area contributed by atoms with Crippen LogP contribution in [0.3, 0.4) is 0 Å². The van der Waals surface area contributed by atoms with Crippen molar-refractivity contribution in [3.63, 3.8) is 0 Å². The largest absolute Gasteiger partial charge is 0.495 e. The summed E-state index contributed by atoms with van der Waals surface area (Å²) in [5.74, 6) is 2.01. The van der Waals surface area contributed by atoms with Gasteiger partial charge in [0.25, 0.3) is 5.91 Å². The van der Waals surface area contributed by atoms with Crippen LogP contribution in [0.1, 0.15) is 43.0 Å². The highest BCUT2D eigenvalue weighted by Crippen LogP contribution is 2.41. The first kappa shape index (κ1) is 23.9. The summed E-state index contributed by atoms with van der Waals surface area (Å²) < 4.78 is 17.9. The highest BCUT2D eigenvalue weighted by Gasteiger charge is 2.24. The van der Waals surface area contributed by atoms with Crippen molar-refractivity contribution in [2.24, 2.45) is 0 Å². The number of methoxy groups -OCH3 is 1. The number of rotatable bonds is 7. The zero-order valence-electron chi connectivity index (χ0n) is 21.6. The van der Waals surface area contributed by atoms with E-state index < -0.39 is 0 Å². The molecule has 4 N–H and O–H groups in total. The van der Waals surface area contributed by atoms with E-state index in [2.05, 4.69) is 27.0 Å². The van der Waals surface area contributed by atoms with Crippen LogP contribution in [-0.4, -0.2) is 47.3 Å². The summed E-state index contributed by atoms with van der Waals surface area (Å²) in [7, 11) is 3.15. The molecule has 1 aliphatic carbocycles. The number of benzene rings is 2. The third-order valence-corrected chi connectivity index (χ3v) is 6.97. The van der Waals surface area contributed by atoms with E-state index in [9.17, 15) is 4.79 Å². The molecule has 1 amide bonds. The van der Waals surface area contributed by atoms with Gasteiger partial charge in [-0.3, -0.25) is 4.79 Å². The van der Waals surface area contributed by atoms with Gasteiger partial charge in [0, 0.05) is 24.4 Å². The molecule has 2 aliphatic rings. The van der Waals surface area contributed by atoms with Gasteiger partial charge in [-0.05, 0) is 68.5 Å². The fourth-order valence-electron chi connectivity index (χ4n) is 5.08. The molecule has 1 aliphatic heterocycles. The minimum atomic E-state index is -0.194. The Morgan fingerprint density at radius 1 is 1.13 bits per heavy atom. The summed E-state index contributed by atoms with van der Waals surface area (Å²) >= 11 is 0. The van der Waals surface area contributed by atoms with E-state index in [-0.39, 0.29) is 18.2 Å². The molecule has 4 aromatic rings. The van der Waals surface area contributed by atoms with Crippen LogP contribution in [0.4, 0.5) is 17.3 Å². The van der Waals surface area contributed by atoms with Crippen molar-refractivity contribution in [3.05, 3.63) is 48.2 Å². The van der Waals surface area contributed by atoms with Crippen LogP contribution >= 0.6 is 0 Å². The van der Waals surface area contributed by atoms with Gasteiger partial charge in [-0.2, -0.15) is 9.97 Å². The van der Waals surface area contributed by atoms with Crippen LogP contribution in [0.25, 0.3) is 22.2 Å². The smallest absolute Gasteiger partial charge is 0.251 e. The van der Waals surface area contributed by atoms with Gasteiger partial charge in [-0.1, -0.05) is 6.07 Å². The average molecular weight is 515 g/mol. The lowest BCUT2D eigenvalue weighted by Crippen LogP contribution is -2.17. The third kappa shape index (κ3) is 4.42. The maximum absolute atomic E-state index is 12.1. The summed E-state index contributed by atoms with van der Waals surface area (Å²) in [6.45, 7) is 1.97. The number of aromatic amines is 1. The van der Waals surface area contributed by atoms with E-state index >= 15 is 0 Å². The minimum Gasteiger partial charge on any atom is -0.495 e. The molecular weight excluding hydrogens is 484 g/mol. The molecule has 2 aromatic carbocycles. The van der Waals surface area contributed by atoms with Gasteiger partial charge in [-0.25, -0.2) is 0 Å². The van der Waals surface area contributed by atoms with Crippen molar-refractivity contribution in [1.29, 1.82) is 0 Å². The SMILES string of the molecule is CNC(=O)c1ccc(Nc2nc(OC3CCCC3)c3c(-c4ccc5c(c4)OC(C)N5)c[nH]c3n2)c(OC)c1. The number of carbonyl (C=O) groups is 1. The van der Waals surface area contributed by atoms with Gasteiger partial charge in [0.15, 0.2) is 6.23 Å². The van der Waals surface area contributed by atoms with Gasteiger partial charge in [0.2, 0.25) is 11.8 Å². The zero-order valence-corrected chi connectivity index (χ0v) is 21.6. The van der Waals surface area contributed by atoms with E-state index in [1.165, 1.54) is 0 Å². The topological polar surface area (TPSA) is 122 Å². The molecule has 2 aromatic heterocycles. The number of nitrogens with zero attached hydrogens (tertiary/aromatic N) is 2. The first-order valence-corrected chi connectivity index (χ1v) is 12.8. The highest BCUT2D eigenvalue weighted by molar-refractivity contribution is 5.98. The second kappa shape index (κ2) is 9.77. The van der Waals surface area contributed by atoms with E-state index in [1.807, 2.05) is 25.3 Å². The number of anilines is 3. The lowest BCUT2D eigenvalue weighted by Gasteiger charge is -2.16. The van der Waals surface area contributed by atoms with Crippen molar-refractivity contribution < 1.29 is 19.0 Å². The summed E-state index contributed by atoms with van der Waals surface area (Å²) in [6.07, 6.45) is 6.26. The van der Waals surface area contributed by atoms with Gasteiger partial charge >= 0.3 is 0 Å². The molecule has 0 spiro atoms. The summed E-state index contributed by atoms with van der Waals surface area (Å²) in [4.78, 5) is 24.9. The molecule has 0 bridgehead atoms. The van der Waals surface area contributed by atoms with Crippen molar-refractivity contribution in [2.45, 2.75) is 44.9 Å². The van der Waals surface area contributed by atoms with Crippen LogP contribution in [0.5, 0.6) is 17.4 Å². The number of aromatic nitrogens is 3. The lowest BCUT2D eigenvalue weighted by atomic mass is 10.1.